The van der Waals surface area contributed by atoms with E-state index in [1.807, 2.05) is 4.90 Å². The molecule has 9 nitrogen and oxygen atoms in total. The van der Waals surface area contributed by atoms with Gasteiger partial charge in [-0.2, -0.15) is 4.31 Å². The second kappa shape index (κ2) is 6.36. The highest BCUT2D eigenvalue weighted by molar-refractivity contribution is 7.89. The van der Waals surface area contributed by atoms with Crippen LogP contribution in [0.25, 0.3) is 0 Å². The molecule has 3 heterocycles. The number of sulfonamides is 1. The van der Waals surface area contributed by atoms with Crippen LogP contribution in [0, 0.1) is 0 Å². The molecule has 1 aliphatic rings. The molecular formula is C14H20N6O3S. The maximum atomic E-state index is 12.7. The maximum Gasteiger partial charge on any atom is 0.262 e. The number of hydrogen-bond donors (Lipinski definition) is 0. The molecule has 0 aromatic carbocycles. The van der Waals surface area contributed by atoms with Crippen LogP contribution in [0.3, 0.4) is 0 Å². The van der Waals surface area contributed by atoms with Crippen molar-refractivity contribution in [1.29, 1.82) is 0 Å². The van der Waals surface area contributed by atoms with Gasteiger partial charge in [0.25, 0.3) is 15.9 Å². The number of aromatic nitrogens is 4. The van der Waals surface area contributed by atoms with Gasteiger partial charge in [0.15, 0.2) is 10.8 Å². The van der Waals surface area contributed by atoms with E-state index in [9.17, 15) is 8.42 Å². The summed E-state index contributed by atoms with van der Waals surface area (Å²) < 4.78 is 33.6. The van der Waals surface area contributed by atoms with Crippen LogP contribution in [0.1, 0.15) is 6.42 Å². The largest absolute Gasteiger partial charge is 0.478 e. The molecule has 0 aliphatic carbocycles. The Morgan fingerprint density at radius 2 is 2.04 bits per heavy atom. The molecule has 24 heavy (non-hydrogen) atoms. The van der Waals surface area contributed by atoms with E-state index >= 15 is 0 Å². The van der Waals surface area contributed by atoms with Crippen LogP contribution >= 0.6 is 0 Å². The SMILES string of the molecule is COc1nccnc1N1CCC(N(C)S(=O)(=O)c2cn(C)cn2)C1. The summed E-state index contributed by atoms with van der Waals surface area (Å²) in [6.07, 6.45) is 6.84. The first-order chi connectivity index (χ1) is 11.4. The first-order valence-corrected chi connectivity index (χ1v) is 8.93. The number of methoxy groups -OCH3 is 1. The molecule has 0 amide bonds. The van der Waals surface area contributed by atoms with Crippen molar-refractivity contribution in [3.63, 3.8) is 0 Å². The molecule has 10 heteroatoms. The van der Waals surface area contributed by atoms with Crippen molar-refractivity contribution in [2.45, 2.75) is 17.5 Å². The lowest BCUT2D eigenvalue weighted by Gasteiger charge is -2.24. The minimum Gasteiger partial charge on any atom is -0.478 e. The Morgan fingerprint density at radius 1 is 1.29 bits per heavy atom. The van der Waals surface area contributed by atoms with Crippen molar-refractivity contribution in [2.75, 3.05) is 32.1 Å². The van der Waals surface area contributed by atoms with Crippen LogP contribution in [0.5, 0.6) is 5.88 Å². The molecule has 0 saturated carbocycles. The first kappa shape index (κ1) is 16.7. The van der Waals surface area contributed by atoms with Crippen molar-refractivity contribution >= 4 is 15.8 Å². The van der Waals surface area contributed by atoms with Crippen molar-refractivity contribution in [3.8, 4) is 5.88 Å². The quantitative estimate of drug-likeness (QED) is 0.754. The summed E-state index contributed by atoms with van der Waals surface area (Å²) in [5.41, 5.74) is 0. The zero-order valence-corrected chi connectivity index (χ0v) is 14.6. The van der Waals surface area contributed by atoms with Crippen molar-refractivity contribution in [1.82, 2.24) is 23.8 Å². The molecule has 1 unspecified atom stereocenters. The van der Waals surface area contributed by atoms with Crippen molar-refractivity contribution < 1.29 is 13.2 Å². The molecule has 3 rings (SSSR count). The zero-order valence-electron chi connectivity index (χ0n) is 13.8. The number of imidazole rings is 1. The Bertz CT molecular complexity index is 821. The Morgan fingerprint density at radius 3 is 2.71 bits per heavy atom. The molecule has 1 fully saturated rings. The number of likely N-dealkylation sites (N-methyl/N-ethyl adjacent to an activating group) is 1. The fourth-order valence-electron chi connectivity index (χ4n) is 2.78. The van der Waals surface area contributed by atoms with Gasteiger partial charge in [0.05, 0.1) is 13.4 Å². The van der Waals surface area contributed by atoms with Crippen LogP contribution in [-0.4, -0.2) is 65.5 Å². The summed E-state index contributed by atoms with van der Waals surface area (Å²) in [5.74, 6) is 1.07. The normalized spacial score (nSPS) is 18.3. The Hall–Kier alpha value is -2.20. The highest BCUT2D eigenvalue weighted by Crippen LogP contribution is 2.28. The van der Waals surface area contributed by atoms with E-state index in [-0.39, 0.29) is 11.1 Å². The van der Waals surface area contributed by atoms with Gasteiger partial charge in [-0.05, 0) is 6.42 Å². The van der Waals surface area contributed by atoms with Crippen LogP contribution in [-0.2, 0) is 17.1 Å². The Kier molecular flexibility index (Phi) is 4.41. The van der Waals surface area contributed by atoms with Crippen molar-refractivity contribution in [2.24, 2.45) is 7.05 Å². The lowest BCUT2D eigenvalue weighted by Crippen LogP contribution is -2.39. The van der Waals surface area contributed by atoms with E-state index in [0.29, 0.717) is 31.2 Å². The molecule has 0 spiro atoms. The third-order valence-electron chi connectivity index (χ3n) is 4.14. The third-order valence-corrected chi connectivity index (χ3v) is 5.94. The zero-order chi connectivity index (χ0) is 17.3. The van der Waals surface area contributed by atoms with Gasteiger partial charge in [-0.1, -0.05) is 0 Å². The predicted octanol–water partition coefficient (Wildman–Crippen LogP) is 0.118. The van der Waals surface area contributed by atoms with Gasteiger partial charge in [-0.3, -0.25) is 0 Å². The number of ether oxygens (including phenoxy) is 1. The molecular weight excluding hydrogens is 332 g/mol. The third kappa shape index (κ3) is 2.94. The molecule has 2 aromatic heterocycles. The summed E-state index contributed by atoms with van der Waals surface area (Å²) in [4.78, 5) is 14.4. The van der Waals surface area contributed by atoms with E-state index in [1.165, 1.54) is 16.8 Å². The van der Waals surface area contributed by atoms with E-state index in [2.05, 4.69) is 15.0 Å². The summed E-state index contributed by atoms with van der Waals surface area (Å²) in [7, 11) is 1.25. The van der Waals surface area contributed by atoms with Crippen molar-refractivity contribution in [3.05, 3.63) is 24.9 Å². The van der Waals surface area contributed by atoms with Crippen LogP contribution in [0.4, 0.5) is 5.82 Å². The van der Waals surface area contributed by atoms with E-state index in [1.54, 1.807) is 38.2 Å². The predicted molar refractivity (Wildman–Crippen MR) is 87.4 cm³/mol. The number of nitrogens with zero attached hydrogens (tertiary/aromatic N) is 6. The van der Waals surface area contributed by atoms with Gasteiger partial charge in [0.1, 0.15) is 0 Å². The summed E-state index contributed by atoms with van der Waals surface area (Å²) in [6, 6.07) is -0.163. The highest BCUT2D eigenvalue weighted by Gasteiger charge is 2.35. The van der Waals surface area contributed by atoms with Gasteiger partial charge in [-0.25, -0.2) is 23.4 Å². The first-order valence-electron chi connectivity index (χ1n) is 7.49. The smallest absolute Gasteiger partial charge is 0.262 e. The molecule has 1 aliphatic heterocycles. The second-order valence-corrected chi connectivity index (χ2v) is 7.62. The van der Waals surface area contributed by atoms with Gasteiger partial charge in [0.2, 0.25) is 0 Å². The summed E-state index contributed by atoms with van der Waals surface area (Å²) in [5, 5.41) is 0.0584. The van der Waals surface area contributed by atoms with E-state index < -0.39 is 10.0 Å². The second-order valence-electron chi connectivity index (χ2n) is 5.68. The molecule has 0 bridgehead atoms. The van der Waals surface area contributed by atoms with Crippen LogP contribution < -0.4 is 9.64 Å². The number of hydrogen-bond acceptors (Lipinski definition) is 7. The molecule has 1 atom stereocenters. The lowest BCUT2D eigenvalue weighted by atomic mass is 10.3. The topological polar surface area (TPSA) is 93.5 Å². The molecule has 130 valence electrons. The summed E-state index contributed by atoms with van der Waals surface area (Å²) in [6.45, 7) is 1.21. The standard InChI is InChI=1S/C14H20N6O3S/c1-18-9-12(17-10-18)24(21,22)19(2)11-4-7-20(8-11)13-14(23-3)16-6-5-15-13/h5-6,9-11H,4,7-8H2,1-3H3. The monoisotopic (exact) mass is 352 g/mol. The van der Waals surface area contributed by atoms with Gasteiger partial charge in [0, 0.05) is 51.8 Å². The minimum absolute atomic E-state index is 0.0584. The van der Waals surface area contributed by atoms with E-state index in [0.717, 1.165) is 0 Å². The van der Waals surface area contributed by atoms with Crippen LogP contribution in [0.15, 0.2) is 29.9 Å². The fourth-order valence-corrected chi connectivity index (χ4v) is 4.12. The highest BCUT2D eigenvalue weighted by atomic mass is 32.2. The van der Waals surface area contributed by atoms with Crippen LogP contribution in [0.2, 0.25) is 0 Å². The molecule has 1 saturated heterocycles. The van der Waals surface area contributed by atoms with Gasteiger partial charge < -0.3 is 14.2 Å². The number of aryl methyl sites for hydroxylation is 1. The van der Waals surface area contributed by atoms with Gasteiger partial charge >= 0.3 is 0 Å². The Balaban J connectivity index is 1.78. The summed E-state index contributed by atoms with van der Waals surface area (Å²) >= 11 is 0. The number of anilines is 1. The average molecular weight is 352 g/mol. The average Bonchev–Trinajstić information content (AvgIpc) is 3.23. The number of rotatable bonds is 5. The van der Waals surface area contributed by atoms with E-state index in [4.69, 9.17) is 4.74 Å². The maximum absolute atomic E-state index is 12.7. The molecule has 0 N–H and O–H groups in total. The molecule has 0 radical (unpaired) electrons. The Labute approximate surface area is 141 Å². The lowest BCUT2D eigenvalue weighted by molar-refractivity contribution is 0.386. The molecule has 2 aromatic rings. The minimum atomic E-state index is -3.62. The fraction of sp³-hybridized carbons (Fsp3) is 0.500. The van der Waals surface area contributed by atoms with Gasteiger partial charge in [-0.15, -0.1) is 0 Å².